The number of rotatable bonds is 4. The molecule has 0 aliphatic carbocycles. The first kappa shape index (κ1) is 27.8. The second-order valence-electron chi connectivity index (χ2n) is 13.7. The van der Waals surface area contributed by atoms with Gasteiger partial charge in [-0.25, -0.2) is 9.98 Å². The Morgan fingerprint density at radius 3 is 1.43 bits per heavy atom. The van der Waals surface area contributed by atoms with Crippen molar-refractivity contribution in [3.63, 3.8) is 0 Å². The van der Waals surface area contributed by atoms with Gasteiger partial charge in [-0.3, -0.25) is 9.97 Å². The number of ether oxygens (including phenoxy) is 4. The van der Waals surface area contributed by atoms with E-state index in [9.17, 15) is 0 Å². The Morgan fingerprint density at radius 1 is 0.553 bits per heavy atom. The molecule has 47 heavy (non-hydrogen) atoms. The van der Waals surface area contributed by atoms with Gasteiger partial charge in [-0.2, -0.15) is 0 Å². The first-order valence-electron chi connectivity index (χ1n) is 15.9. The maximum Gasteiger partial charge on any atom is 0.260 e. The quantitative estimate of drug-likeness (QED) is 0.237. The Hall–Kier alpha value is -5.44. The van der Waals surface area contributed by atoms with Gasteiger partial charge in [0.2, 0.25) is 11.8 Å². The van der Waals surface area contributed by atoms with Crippen LogP contribution in [0.25, 0.3) is 22.3 Å². The van der Waals surface area contributed by atoms with Gasteiger partial charge >= 0.3 is 0 Å². The van der Waals surface area contributed by atoms with Crippen LogP contribution in [0.5, 0.6) is 23.0 Å². The van der Waals surface area contributed by atoms with E-state index in [4.69, 9.17) is 18.9 Å². The normalized spacial score (nSPS) is 17.6. The summed E-state index contributed by atoms with van der Waals surface area (Å²) >= 11 is 0. The summed E-state index contributed by atoms with van der Waals surface area (Å²) in [6.07, 6.45) is 3.73. The number of benzene rings is 3. The summed E-state index contributed by atoms with van der Waals surface area (Å²) in [4.78, 5) is 18.6. The summed E-state index contributed by atoms with van der Waals surface area (Å²) in [5, 5.41) is 0. The molecule has 8 nitrogen and oxygen atoms in total. The fourth-order valence-electron chi connectivity index (χ4n) is 6.60. The van der Waals surface area contributed by atoms with Crippen LogP contribution in [0, 0.1) is 0 Å². The van der Waals surface area contributed by atoms with Crippen LogP contribution in [0.3, 0.4) is 0 Å². The molecule has 9 heteroatoms. The number of hydrogen-bond donors (Lipinski definition) is 0. The molecule has 4 aliphatic heterocycles. The van der Waals surface area contributed by atoms with E-state index >= 15 is 0 Å². The average Bonchev–Trinajstić information content (AvgIpc) is 3.64. The maximum absolute atomic E-state index is 6.52. The van der Waals surface area contributed by atoms with E-state index in [1.54, 1.807) is 0 Å². The van der Waals surface area contributed by atoms with E-state index in [-0.39, 0.29) is 17.8 Å². The highest BCUT2D eigenvalue weighted by atomic mass is 16.5. The van der Waals surface area contributed by atoms with Crippen LogP contribution in [0.15, 0.2) is 101 Å². The molecule has 9 rings (SSSR count). The lowest BCUT2D eigenvalue weighted by atomic mass is 9.35. The summed E-state index contributed by atoms with van der Waals surface area (Å²) in [5.74, 6) is 4.44. The van der Waals surface area contributed by atoms with Gasteiger partial charge in [-0.1, -0.05) is 42.5 Å². The smallest absolute Gasteiger partial charge is 0.260 e. The van der Waals surface area contributed by atoms with Gasteiger partial charge in [-0.15, -0.1) is 0 Å². The molecule has 2 aromatic heterocycles. The minimum absolute atomic E-state index is 0.0282. The van der Waals surface area contributed by atoms with Gasteiger partial charge in [0.05, 0.1) is 11.1 Å². The Kier molecular flexibility index (Phi) is 5.94. The van der Waals surface area contributed by atoms with Crippen LogP contribution in [0.2, 0.25) is 0 Å². The van der Waals surface area contributed by atoms with Crippen molar-refractivity contribution < 1.29 is 18.9 Å². The van der Waals surface area contributed by atoms with E-state index in [2.05, 4.69) is 96.2 Å². The molecule has 0 saturated heterocycles. The zero-order valence-corrected chi connectivity index (χ0v) is 26.6. The summed E-state index contributed by atoms with van der Waals surface area (Å²) in [5.41, 5.74) is 8.28. The Labute approximate surface area is 273 Å². The van der Waals surface area contributed by atoms with Crippen LogP contribution >= 0.6 is 0 Å². The number of hydrogen-bond acceptors (Lipinski definition) is 8. The largest absolute Gasteiger partial charge is 0.474 e. The van der Waals surface area contributed by atoms with Crippen molar-refractivity contribution >= 4 is 34.9 Å². The zero-order valence-electron chi connectivity index (χ0n) is 26.6. The molecular formula is C38H31BN4O4. The van der Waals surface area contributed by atoms with Gasteiger partial charge in [0.25, 0.3) is 6.71 Å². The van der Waals surface area contributed by atoms with Crippen molar-refractivity contribution in [2.45, 2.75) is 38.8 Å². The third-order valence-corrected chi connectivity index (χ3v) is 8.97. The molecule has 0 N–H and O–H groups in total. The topological polar surface area (TPSA) is 87.4 Å². The zero-order chi connectivity index (χ0) is 31.9. The van der Waals surface area contributed by atoms with E-state index in [0.717, 1.165) is 73.0 Å². The Morgan fingerprint density at radius 2 is 1.02 bits per heavy atom. The van der Waals surface area contributed by atoms with Crippen molar-refractivity contribution in [1.82, 2.24) is 9.97 Å². The average molecular weight is 619 g/mol. The number of nitrogens with zero attached hydrogens (tertiary/aromatic N) is 4. The van der Waals surface area contributed by atoms with Gasteiger partial charge in [-0.05, 0) is 86.1 Å². The molecule has 0 amide bonds. The third kappa shape index (κ3) is 4.76. The van der Waals surface area contributed by atoms with Crippen molar-refractivity contribution in [3.8, 4) is 45.3 Å². The monoisotopic (exact) mass is 618 g/mol. The molecule has 0 bridgehead atoms. The molecule has 3 aromatic carbocycles. The molecule has 4 aliphatic rings. The van der Waals surface area contributed by atoms with Crippen molar-refractivity contribution in [3.05, 3.63) is 103 Å². The molecule has 0 saturated carbocycles. The number of fused-ring (bicyclic) bond motifs is 4. The standard InChI is InChI=1S/C38H31BN4O4/c1-37(2)20-44-35(42-37)28-14-10-24(18-40-28)22-8-12-26-32(16-22)46-30-6-5-7-31-34(30)39(26)27-13-9-23(17-33(27)47-31)25-11-15-29(41-19-25)36-43-38(3,4)21-45-36/h5-19H,20-21H2,1-4H3. The summed E-state index contributed by atoms with van der Waals surface area (Å²) in [7, 11) is 0. The minimum Gasteiger partial charge on any atom is -0.474 e. The molecule has 0 radical (unpaired) electrons. The first-order chi connectivity index (χ1) is 22.7. The van der Waals surface area contributed by atoms with Crippen LogP contribution in [0.4, 0.5) is 0 Å². The summed E-state index contributed by atoms with van der Waals surface area (Å²) < 4.78 is 24.6. The number of aliphatic imine (C=N–C) groups is 2. The lowest BCUT2D eigenvalue weighted by Gasteiger charge is -2.33. The van der Waals surface area contributed by atoms with Gasteiger partial charge < -0.3 is 18.9 Å². The fraction of sp³-hybridized carbons (Fsp3) is 0.211. The van der Waals surface area contributed by atoms with E-state index in [0.29, 0.717) is 25.0 Å². The van der Waals surface area contributed by atoms with Crippen molar-refractivity contribution in [2.75, 3.05) is 13.2 Å². The lowest BCUT2D eigenvalue weighted by molar-refractivity contribution is 0.279. The highest BCUT2D eigenvalue weighted by molar-refractivity contribution is 6.98. The highest BCUT2D eigenvalue weighted by Crippen LogP contribution is 2.37. The molecule has 0 fully saturated rings. The van der Waals surface area contributed by atoms with Crippen LogP contribution in [0.1, 0.15) is 39.1 Å². The van der Waals surface area contributed by atoms with E-state index in [1.165, 1.54) is 0 Å². The predicted octanol–water partition coefficient (Wildman–Crippen LogP) is 5.65. The molecule has 0 atom stereocenters. The second kappa shape index (κ2) is 10.0. The van der Waals surface area contributed by atoms with E-state index in [1.807, 2.05) is 42.7 Å². The van der Waals surface area contributed by atoms with Crippen molar-refractivity contribution in [1.29, 1.82) is 0 Å². The molecule has 5 aromatic rings. The highest BCUT2D eigenvalue weighted by Gasteiger charge is 2.40. The molecule has 230 valence electrons. The Bertz CT molecular complexity index is 2010. The number of aromatic nitrogens is 2. The minimum atomic E-state index is -0.229. The van der Waals surface area contributed by atoms with Gasteiger partial charge in [0.15, 0.2) is 0 Å². The predicted molar refractivity (Wildman–Crippen MR) is 184 cm³/mol. The van der Waals surface area contributed by atoms with Crippen LogP contribution in [-0.4, -0.2) is 52.8 Å². The third-order valence-electron chi connectivity index (χ3n) is 8.97. The summed E-state index contributed by atoms with van der Waals surface area (Å²) in [6.45, 7) is 9.30. The van der Waals surface area contributed by atoms with Gasteiger partial charge in [0, 0.05) is 29.0 Å². The molecular weight excluding hydrogens is 587 g/mol. The fourth-order valence-corrected chi connectivity index (χ4v) is 6.60. The lowest BCUT2D eigenvalue weighted by Crippen LogP contribution is -2.57. The SMILES string of the molecule is CC1(C)COC(c2ccc(-c3ccc4c(c3)Oc3cccc5c3B4c3ccc(-c4ccc(C6=NC(C)(C)CO6)nc4)cc3O5)cn2)=N1. The second-order valence-corrected chi connectivity index (χ2v) is 13.7. The Balaban J connectivity index is 1.04. The maximum atomic E-state index is 6.52. The number of pyridine rings is 2. The van der Waals surface area contributed by atoms with E-state index < -0.39 is 0 Å². The molecule has 0 unspecified atom stereocenters. The van der Waals surface area contributed by atoms with Crippen LogP contribution in [-0.2, 0) is 9.47 Å². The summed E-state index contributed by atoms with van der Waals surface area (Å²) in [6, 6.07) is 26.8. The van der Waals surface area contributed by atoms with Gasteiger partial charge in [0.1, 0.15) is 47.6 Å². The van der Waals surface area contributed by atoms with Crippen molar-refractivity contribution in [2.24, 2.45) is 9.98 Å². The van der Waals surface area contributed by atoms with Crippen LogP contribution < -0.4 is 25.9 Å². The molecule has 0 spiro atoms. The molecule has 6 heterocycles. The first-order valence-corrected chi connectivity index (χ1v) is 15.9.